The van der Waals surface area contributed by atoms with Crippen LogP contribution in [0.1, 0.15) is 6.42 Å². The molecule has 0 aromatic heterocycles. The molecule has 0 N–H and O–H groups in total. The molecule has 1 aromatic carbocycles. The Balaban J connectivity index is 2.30. The molecular weight excluding hydrogens is 302 g/mol. The molecular formula is C12H17NO3S3. The molecule has 2 unspecified atom stereocenters. The molecule has 19 heavy (non-hydrogen) atoms. The Morgan fingerprint density at radius 1 is 1.37 bits per heavy atom. The van der Waals surface area contributed by atoms with E-state index in [1.807, 2.05) is 0 Å². The normalized spacial score (nSPS) is 24.6. The molecule has 1 heterocycles. The highest BCUT2D eigenvalue weighted by atomic mass is 32.2. The second-order valence-corrected chi connectivity index (χ2v) is 7.46. The summed E-state index contributed by atoms with van der Waals surface area (Å²) < 4.78 is 31.7. The molecule has 2 rings (SSSR count). The summed E-state index contributed by atoms with van der Waals surface area (Å²) in [6.07, 6.45) is 0.738. The Labute approximate surface area is 125 Å². The SMILES string of the molecule is COc1ccc(S(=O)(=O)N2CC(S)CC2CS)cc1. The first-order valence-electron chi connectivity index (χ1n) is 5.94. The molecule has 1 aromatic rings. The van der Waals surface area contributed by atoms with Gasteiger partial charge in [-0.25, -0.2) is 8.42 Å². The maximum atomic E-state index is 12.6. The van der Waals surface area contributed by atoms with Crippen LogP contribution in [0.3, 0.4) is 0 Å². The van der Waals surface area contributed by atoms with Gasteiger partial charge in [0.05, 0.1) is 12.0 Å². The second kappa shape index (κ2) is 5.95. The van der Waals surface area contributed by atoms with Gasteiger partial charge in [0.15, 0.2) is 0 Å². The number of nitrogens with zero attached hydrogens (tertiary/aromatic N) is 1. The van der Waals surface area contributed by atoms with Crippen LogP contribution in [-0.4, -0.2) is 43.4 Å². The van der Waals surface area contributed by atoms with Crippen LogP contribution in [0.25, 0.3) is 0 Å². The third-order valence-corrected chi connectivity index (χ3v) is 5.95. The molecule has 0 radical (unpaired) electrons. The number of ether oxygens (including phenoxy) is 1. The molecule has 0 aliphatic carbocycles. The van der Waals surface area contributed by atoms with Gasteiger partial charge in [-0.2, -0.15) is 29.6 Å². The van der Waals surface area contributed by atoms with Gasteiger partial charge >= 0.3 is 0 Å². The van der Waals surface area contributed by atoms with Crippen LogP contribution >= 0.6 is 25.3 Å². The monoisotopic (exact) mass is 319 g/mol. The van der Waals surface area contributed by atoms with Crippen LogP contribution in [0.4, 0.5) is 0 Å². The fourth-order valence-electron chi connectivity index (χ4n) is 2.21. The van der Waals surface area contributed by atoms with Crippen molar-refractivity contribution in [2.45, 2.75) is 22.6 Å². The lowest BCUT2D eigenvalue weighted by Gasteiger charge is -2.22. The van der Waals surface area contributed by atoms with Crippen LogP contribution in [0, 0.1) is 0 Å². The minimum Gasteiger partial charge on any atom is -0.497 e. The maximum absolute atomic E-state index is 12.6. The maximum Gasteiger partial charge on any atom is 0.243 e. The van der Waals surface area contributed by atoms with E-state index in [1.54, 1.807) is 31.4 Å². The summed E-state index contributed by atoms with van der Waals surface area (Å²) in [6, 6.07) is 6.34. The van der Waals surface area contributed by atoms with Crippen molar-refractivity contribution in [3.8, 4) is 5.75 Å². The van der Waals surface area contributed by atoms with Crippen molar-refractivity contribution in [1.29, 1.82) is 0 Å². The van der Waals surface area contributed by atoms with E-state index in [0.29, 0.717) is 18.0 Å². The largest absolute Gasteiger partial charge is 0.497 e. The molecule has 106 valence electrons. The quantitative estimate of drug-likeness (QED) is 0.830. The lowest BCUT2D eigenvalue weighted by Crippen LogP contribution is -2.36. The molecule has 0 amide bonds. The average molecular weight is 319 g/mol. The molecule has 1 saturated heterocycles. The van der Waals surface area contributed by atoms with Crippen molar-refractivity contribution in [1.82, 2.24) is 4.31 Å². The van der Waals surface area contributed by atoms with Crippen LogP contribution in [0.5, 0.6) is 5.75 Å². The van der Waals surface area contributed by atoms with Gasteiger partial charge < -0.3 is 4.74 Å². The van der Waals surface area contributed by atoms with E-state index < -0.39 is 10.0 Å². The van der Waals surface area contributed by atoms with Crippen LogP contribution in [0.2, 0.25) is 0 Å². The van der Waals surface area contributed by atoms with E-state index >= 15 is 0 Å². The molecule has 0 spiro atoms. The summed E-state index contributed by atoms with van der Waals surface area (Å²) in [5.74, 6) is 1.14. The number of thiol groups is 2. The van der Waals surface area contributed by atoms with Gasteiger partial charge in [-0.05, 0) is 30.7 Å². The Bertz CT molecular complexity index is 530. The van der Waals surface area contributed by atoms with Crippen LogP contribution in [-0.2, 0) is 10.0 Å². The van der Waals surface area contributed by atoms with Crippen molar-refractivity contribution in [3.05, 3.63) is 24.3 Å². The van der Waals surface area contributed by atoms with Crippen molar-refractivity contribution in [2.75, 3.05) is 19.4 Å². The number of benzene rings is 1. The Kier molecular flexibility index (Phi) is 4.70. The number of hydrogen-bond acceptors (Lipinski definition) is 5. The molecule has 1 aliphatic heterocycles. The number of sulfonamides is 1. The van der Waals surface area contributed by atoms with Gasteiger partial charge in [-0.3, -0.25) is 0 Å². The molecule has 7 heteroatoms. The highest BCUT2D eigenvalue weighted by molar-refractivity contribution is 7.89. The molecule has 0 bridgehead atoms. The average Bonchev–Trinajstić information content (AvgIpc) is 2.81. The van der Waals surface area contributed by atoms with Gasteiger partial charge in [0, 0.05) is 23.6 Å². The van der Waals surface area contributed by atoms with Gasteiger partial charge in [-0.15, -0.1) is 0 Å². The van der Waals surface area contributed by atoms with Gasteiger partial charge in [0.2, 0.25) is 10.0 Å². The Hall–Kier alpha value is -0.370. The minimum atomic E-state index is -3.48. The summed E-state index contributed by atoms with van der Waals surface area (Å²) in [7, 11) is -1.93. The molecule has 1 fully saturated rings. The molecule has 4 nitrogen and oxygen atoms in total. The highest BCUT2D eigenvalue weighted by Crippen LogP contribution is 2.29. The zero-order chi connectivity index (χ0) is 14.0. The van der Waals surface area contributed by atoms with E-state index in [1.165, 1.54) is 4.31 Å². The summed E-state index contributed by atoms with van der Waals surface area (Å²) in [6.45, 7) is 0.433. The third-order valence-electron chi connectivity index (χ3n) is 3.22. The first-order chi connectivity index (χ1) is 8.98. The summed E-state index contributed by atoms with van der Waals surface area (Å²) >= 11 is 8.61. The minimum absolute atomic E-state index is 0.0742. The number of hydrogen-bond donors (Lipinski definition) is 2. The summed E-state index contributed by atoms with van der Waals surface area (Å²) in [4.78, 5) is 0.280. The first kappa shape index (κ1) is 15.0. The van der Waals surface area contributed by atoms with Gasteiger partial charge in [0.1, 0.15) is 5.75 Å². The van der Waals surface area contributed by atoms with Crippen molar-refractivity contribution < 1.29 is 13.2 Å². The number of methoxy groups -OCH3 is 1. The van der Waals surface area contributed by atoms with E-state index in [-0.39, 0.29) is 16.2 Å². The van der Waals surface area contributed by atoms with Crippen LogP contribution in [0.15, 0.2) is 29.2 Å². The van der Waals surface area contributed by atoms with E-state index in [0.717, 1.165) is 6.42 Å². The second-order valence-electron chi connectivity index (χ2n) is 4.48. The first-order valence-corrected chi connectivity index (χ1v) is 8.52. The predicted octanol–water partition coefficient (Wildman–Crippen LogP) is 1.69. The third kappa shape index (κ3) is 3.04. The Morgan fingerprint density at radius 3 is 2.53 bits per heavy atom. The highest BCUT2D eigenvalue weighted by Gasteiger charge is 2.38. The topological polar surface area (TPSA) is 46.6 Å². The van der Waals surface area contributed by atoms with Crippen LogP contribution < -0.4 is 4.74 Å². The lowest BCUT2D eigenvalue weighted by molar-refractivity contribution is 0.410. The fraction of sp³-hybridized carbons (Fsp3) is 0.500. The molecule has 1 aliphatic rings. The van der Waals surface area contributed by atoms with Crippen molar-refractivity contribution in [3.63, 3.8) is 0 Å². The predicted molar refractivity (Wildman–Crippen MR) is 81.9 cm³/mol. The number of rotatable bonds is 4. The van der Waals surface area contributed by atoms with Crippen molar-refractivity contribution >= 4 is 35.3 Å². The Morgan fingerprint density at radius 2 is 2.00 bits per heavy atom. The van der Waals surface area contributed by atoms with Crippen molar-refractivity contribution in [2.24, 2.45) is 0 Å². The smallest absolute Gasteiger partial charge is 0.243 e. The van der Waals surface area contributed by atoms with E-state index in [4.69, 9.17) is 4.74 Å². The van der Waals surface area contributed by atoms with E-state index in [2.05, 4.69) is 25.3 Å². The molecule has 0 saturated carbocycles. The zero-order valence-electron chi connectivity index (χ0n) is 10.6. The standard InChI is InChI=1S/C12H17NO3S3/c1-16-10-2-4-12(5-3-10)19(14,15)13-7-11(18)6-9(13)8-17/h2-5,9,11,17-18H,6-8H2,1H3. The van der Waals surface area contributed by atoms with E-state index in [9.17, 15) is 8.42 Å². The summed E-state index contributed by atoms with van der Waals surface area (Å²) in [5.41, 5.74) is 0. The lowest BCUT2D eigenvalue weighted by atomic mass is 10.2. The van der Waals surface area contributed by atoms with Gasteiger partial charge in [0.25, 0.3) is 0 Å². The van der Waals surface area contributed by atoms with Gasteiger partial charge in [-0.1, -0.05) is 0 Å². The molecule has 2 atom stereocenters. The zero-order valence-corrected chi connectivity index (χ0v) is 13.2. The summed E-state index contributed by atoms with van der Waals surface area (Å²) in [5, 5.41) is 0.0742. The fourth-order valence-corrected chi connectivity index (χ4v) is 4.87.